The van der Waals surface area contributed by atoms with Crippen molar-refractivity contribution < 1.29 is 14.2 Å². The van der Waals surface area contributed by atoms with Gasteiger partial charge in [-0.2, -0.15) is 0 Å². The van der Waals surface area contributed by atoms with Crippen molar-refractivity contribution in [3.63, 3.8) is 0 Å². The Bertz CT molecular complexity index is 612. The number of nitrogens with one attached hydrogen (secondary N) is 1. The van der Waals surface area contributed by atoms with Gasteiger partial charge in [0.25, 0.3) is 0 Å². The number of benzene rings is 2. The number of aromatic hydroxyl groups is 1. The minimum atomic E-state index is -0.634. The van der Waals surface area contributed by atoms with Gasteiger partial charge < -0.3 is 15.2 Å². The zero-order valence-electron chi connectivity index (χ0n) is 10.6. The summed E-state index contributed by atoms with van der Waals surface area (Å²) in [4.78, 5) is 0. The molecular weight excluding hydrogens is 304 g/mol. The van der Waals surface area contributed by atoms with Crippen molar-refractivity contribution in [3.8, 4) is 11.5 Å². The van der Waals surface area contributed by atoms with Gasteiger partial charge in [-0.05, 0) is 29.8 Å². The van der Waals surface area contributed by atoms with Crippen LogP contribution in [-0.4, -0.2) is 12.2 Å². The van der Waals surface area contributed by atoms with Crippen LogP contribution < -0.4 is 10.1 Å². The van der Waals surface area contributed by atoms with Gasteiger partial charge in [-0.1, -0.05) is 29.3 Å². The van der Waals surface area contributed by atoms with E-state index in [0.717, 1.165) is 5.56 Å². The van der Waals surface area contributed by atoms with E-state index >= 15 is 0 Å². The Balaban J connectivity index is 2.13. The number of phenolic OH excluding ortho intramolecular Hbond substituents is 1. The molecule has 0 unspecified atom stereocenters. The van der Waals surface area contributed by atoms with Crippen LogP contribution in [-0.2, 0) is 6.54 Å². The third-order valence-electron chi connectivity index (χ3n) is 2.72. The predicted molar refractivity (Wildman–Crippen MR) is 78.4 cm³/mol. The van der Waals surface area contributed by atoms with Crippen LogP contribution in [0.3, 0.4) is 0 Å². The van der Waals surface area contributed by atoms with Gasteiger partial charge in [-0.15, -0.1) is 0 Å². The van der Waals surface area contributed by atoms with Crippen LogP contribution in [0.5, 0.6) is 11.5 Å². The largest absolute Gasteiger partial charge is 0.504 e. The molecule has 0 aliphatic carbocycles. The van der Waals surface area contributed by atoms with Gasteiger partial charge in [-0.25, -0.2) is 4.39 Å². The maximum atomic E-state index is 13.3. The van der Waals surface area contributed by atoms with Gasteiger partial charge in [0.05, 0.1) is 17.2 Å². The third-order valence-corrected chi connectivity index (χ3v) is 3.27. The molecule has 0 saturated heterocycles. The molecule has 0 aromatic heterocycles. The lowest BCUT2D eigenvalue weighted by Gasteiger charge is -2.10. The second-order valence-corrected chi connectivity index (χ2v) is 4.93. The summed E-state index contributed by atoms with van der Waals surface area (Å²) in [6, 6.07) is 7.91. The first kappa shape index (κ1) is 14.8. The number of rotatable bonds is 4. The van der Waals surface area contributed by atoms with Crippen molar-refractivity contribution >= 4 is 28.9 Å². The Morgan fingerprint density at radius 2 is 1.85 bits per heavy atom. The van der Waals surface area contributed by atoms with Crippen molar-refractivity contribution in [2.75, 3.05) is 12.4 Å². The molecule has 106 valence electrons. The molecule has 0 amide bonds. The first-order valence-electron chi connectivity index (χ1n) is 5.75. The molecule has 20 heavy (non-hydrogen) atoms. The second-order valence-electron chi connectivity index (χ2n) is 4.11. The molecule has 0 aliphatic heterocycles. The first-order valence-corrected chi connectivity index (χ1v) is 6.51. The standard InChI is InChI=1S/C14H12Cl2FNO2/c1-20-13-4-8(2-3-12(13)19)7-18-9-5-10(15)14(17)11(16)6-9/h2-6,18-19H,7H2,1H3. The summed E-state index contributed by atoms with van der Waals surface area (Å²) >= 11 is 11.4. The van der Waals surface area contributed by atoms with Crippen LogP contribution in [0.25, 0.3) is 0 Å². The Morgan fingerprint density at radius 1 is 1.20 bits per heavy atom. The fraction of sp³-hybridized carbons (Fsp3) is 0.143. The van der Waals surface area contributed by atoms with E-state index in [4.69, 9.17) is 27.9 Å². The molecule has 6 heteroatoms. The van der Waals surface area contributed by atoms with E-state index in [1.807, 2.05) is 0 Å². The van der Waals surface area contributed by atoms with Crippen LogP contribution in [0.4, 0.5) is 10.1 Å². The number of anilines is 1. The third kappa shape index (κ3) is 3.26. The molecule has 2 aromatic carbocycles. The van der Waals surface area contributed by atoms with Gasteiger partial charge in [0, 0.05) is 12.2 Å². The van der Waals surface area contributed by atoms with E-state index in [1.54, 1.807) is 18.2 Å². The lowest BCUT2D eigenvalue weighted by molar-refractivity contribution is 0.373. The first-order chi connectivity index (χ1) is 9.51. The predicted octanol–water partition coefficient (Wildman–Crippen LogP) is 4.46. The molecule has 0 spiro atoms. The molecule has 0 saturated carbocycles. The smallest absolute Gasteiger partial charge is 0.160 e. The molecule has 2 N–H and O–H groups in total. The highest BCUT2D eigenvalue weighted by atomic mass is 35.5. The number of ether oxygens (including phenoxy) is 1. The highest BCUT2D eigenvalue weighted by Crippen LogP contribution is 2.29. The van der Waals surface area contributed by atoms with Gasteiger partial charge in [0.15, 0.2) is 17.3 Å². The Kier molecular flexibility index (Phi) is 4.57. The second kappa shape index (κ2) is 6.20. The van der Waals surface area contributed by atoms with E-state index in [2.05, 4.69) is 5.32 Å². The number of halogens is 3. The summed E-state index contributed by atoms with van der Waals surface area (Å²) in [7, 11) is 1.48. The maximum absolute atomic E-state index is 13.3. The number of hydrogen-bond acceptors (Lipinski definition) is 3. The van der Waals surface area contributed by atoms with E-state index in [-0.39, 0.29) is 15.8 Å². The van der Waals surface area contributed by atoms with Crippen LogP contribution >= 0.6 is 23.2 Å². The summed E-state index contributed by atoms with van der Waals surface area (Å²) in [5.74, 6) is -0.172. The van der Waals surface area contributed by atoms with E-state index < -0.39 is 5.82 Å². The number of methoxy groups -OCH3 is 1. The summed E-state index contributed by atoms with van der Waals surface area (Å²) < 4.78 is 18.3. The molecule has 0 heterocycles. The summed E-state index contributed by atoms with van der Waals surface area (Å²) in [5.41, 5.74) is 1.49. The summed E-state index contributed by atoms with van der Waals surface area (Å²) in [5, 5.41) is 12.5. The lowest BCUT2D eigenvalue weighted by Crippen LogP contribution is -2.00. The van der Waals surface area contributed by atoms with Gasteiger partial charge in [0.2, 0.25) is 0 Å². The Hall–Kier alpha value is -1.65. The van der Waals surface area contributed by atoms with Crippen molar-refractivity contribution in [2.45, 2.75) is 6.54 Å². The maximum Gasteiger partial charge on any atom is 0.160 e. The molecule has 0 fully saturated rings. The normalized spacial score (nSPS) is 10.4. The average molecular weight is 316 g/mol. The fourth-order valence-corrected chi connectivity index (χ4v) is 2.18. The number of hydrogen-bond donors (Lipinski definition) is 2. The van der Waals surface area contributed by atoms with Gasteiger partial charge >= 0.3 is 0 Å². The van der Waals surface area contributed by atoms with Crippen molar-refractivity contribution in [2.24, 2.45) is 0 Å². The van der Waals surface area contributed by atoms with E-state index in [0.29, 0.717) is 18.0 Å². The lowest BCUT2D eigenvalue weighted by atomic mass is 10.2. The highest BCUT2D eigenvalue weighted by Gasteiger charge is 2.08. The zero-order chi connectivity index (χ0) is 14.7. The van der Waals surface area contributed by atoms with Crippen LogP contribution in [0, 0.1) is 5.82 Å². The number of phenols is 1. The van der Waals surface area contributed by atoms with Crippen LogP contribution in [0.1, 0.15) is 5.56 Å². The Morgan fingerprint density at radius 3 is 2.45 bits per heavy atom. The zero-order valence-corrected chi connectivity index (χ0v) is 12.1. The SMILES string of the molecule is COc1cc(CNc2cc(Cl)c(F)c(Cl)c2)ccc1O. The summed E-state index contributed by atoms with van der Waals surface area (Å²) in [6.07, 6.45) is 0. The monoisotopic (exact) mass is 315 g/mol. The van der Waals surface area contributed by atoms with E-state index in [1.165, 1.54) is 19.2 Å². The molecule has 3 nitrogen and oxygen atoms in total. The molecular formula is C14H12Cl2FNO2. The molecule has 2 rings (SSSR count). The van der Waals surface area contributed by atoms with Gasteiger partial charge in [-0.3, -0.25) is 0 Å². The van der Waals surface area contributed by atoms with Crippen molar-refractivity contribution in [1.82, 2.24) is 0 Å². The van der Waals surface area contributed by atoms with Crippen LogP contribution in [0.2, 0.25) is 10.0 Å². The van der Waals surface area contributed by atoms with Crippen molar-refractivity contribution in [1.29, 1.82) is 0 Å². The minimum Gasteiger partial charge on any atom is -0.504 e. The average Bonchev–Trinajstić information content (AvgIpc) is 2.43. The van der Waals surface area contributed by atoms with Crippen LogP contribution in [0.15, 0.2) is 30.3 Å². The molecule has 0 atom stereocenters. The topological polar surface area (TPSA) is 41.5 Å². The molecule has 0 bridgehead atoms. The molecule has 0 radical (unpaired) electrons. The van der Waals surface area contributed by atoms with Gasteiger partial charge in [0.1, 0.15) is 0 Å². The van der Waals surface area contributed by atoms with Crippen molar-refractivity contribution in [3.05, 3.63) is 51.8 Å². The minimum absolute atomic E-state index is 0.0386. The van der Waals surface area contributed by atoms with E-state index in [9.17, 15) is 9.50 Å². The quantitative estimate of drug-likeness (QED) is 0.818. The fourth-order valence-electron chi connectivity index (χ4n) is 1.69. The molecule has 2 aromatic rings. The Labute approximate surface area is 125 Å². The highest BCUT2D eigenvalue weighted by molar-refractivity contribution is 6.35. The molecule has 0 aliphatic rings. The summed E-state index contributed by atoms with van der Waals surface area (Å²) in [6.45, 7) is 0.453.